The van der Waals surface area contributed by atoms with Gasteiger partial charge in [0.05, 0.1) is 17.1 Å². The molecule has 2 heterocycles. The molecule has 1 saturated carbocycles. The molecule has 1 aromatic heterocycles. The minimum absolute atomic E-state index is 0.0952. The van der Waals surface area contributed by atoms with E-state index >= 15 is 0 Å². The van der Waals surface area contributed by atoms with Crippen LogP contribution in [-0.4, -0.2) is 24.0 Å². The van der Waals surface area contributed by atoms with E-state index in [0.717, 1.165) is 39.7 Å². The lowest BCUT2D eigenvalue weighted by Gasteiger charge is -2.25. The Morgan fingerprint density at radius 1 is 1.21 bits per heavy atom. The molecule has 3 aromatic rings. The molecule has 1 unspecified atom stereocenters. The van der Waals surface area contributed by atoms with Gasteiger partial charge in [-0.3, -0.25) is 0 Å². The normalized spacial score (nSPS) is 20.2. The van der Waals surface area contributed by atoms with Crippen LogP contribution in [0.1, 0.15) is 47.1 Å². The zero-order valence-corrected chi connectivity index (χ0v) is 18.8. The number of hydrogen-bond acceptors (Lipinski definition) is 4. The van der Waals surface area contributed by atoms with Gasteiger partial charge in [-0.05, 0) is 55.2 Å². The first kappa shape index (κ1) is 19.2. The number of fused-ring (bicyclic) bond motifs is 1. The Balaban J connectivity index is 1.75. The van der Waals surface area contributed by atoms with Gasteiger partial charge in [0.25, 0.3) is 0 Å². The van der Waals surface area contributed by atoms with Crippen molar-refractivity contribution in [2.75, 3.05) is 5.75 Å². The number of halogens is 2. The molecule has 150 valence electrons. The second-order valence-corrected chi connectivity index (χ2v) is 10.5. The standard InChI is InChI=1S/C21H18BrClN2O3S/c1-12-9-14(7-8-18(12)22)17-11-29(26,27)28-21-19(17)20(13-5-6-13)24-25(21)16-4-2-3-15(23)10-16/h2-4,7-10,13,17H,5-6,11H2,1H3. The van der Waals surface area contributed by atoms with E-state index < -0.39 is 10.1 Å². The lowest BCUT2D eigenvalue weighted by molar-refractivity contribution is 0.446. The molecule has 5 nitrogen and oxygen atoms in total. The Morgan fingerprint density at radius 3 is 2.69 bits per heavy atom. The average molecular weight is 494 g/mol. The fourth-order valence-electron chi connectivity index (χ4n) is 3.87. The number of benzene rings is 2. The second kappa shape index (κ2) is 6.86. The summed E-state index contributed by atoms with van der Waals surface area (Å²) < 4.78 is 33.5. The largest absolute Gasteiger partial charge is 0.361 e. The third-order valence-corrected chi connectivity index (χ3v) is 7.71. The van der Waals surface area contributed by atoms with Gasteiger partial charge in [0.2, 0.25) is 5.88 Å². The van der Waals surface area contributed by atoms with Gasteiger partial charge in [0.15, 0.2) is 0 Å². The molecule has 1 fully saturated rings. The summed E-state index contributed by atoms with van der Waals surface area (Å²) in [4.78, 5) is 0. The van der Waals surface area contributed by atoms with E-state index in [-0.39, 0.29) is 17.6 Å². The van der Waals surface area contributed by atoms with E-state index in [0.29, 0.717) is 16.6 Å². The average Bonchev–Trinajstić information content (AvgIpc) is 3.44. The maximum atomic E-state index is 12.7. The van der Waals surface area contributed by atoms with Crippen LogP contribution >= 0.6 is 27.5 Å². The number of nitrogens with zero attached hydrogens (tertiary/aromatic N) is 2. The zero-order chi connectivity index (χ0) is 20.3. The predicted molar refractivity (Wildman–Crippen MR) is 116 cm³/mol. The molecule has 0 amide bonds. The highest BCUT2D eigenvalue weighted by Crippen LogP contribution is 2.50. The molecule has 1 aliphatic heterocycles. The van der Waals surface area contributed by atoms with Gasteiger partial charge in [-0.15, -0.1) is 0 Å². The van der Waals surface area contributed by atoms with Crippen LogP contribution in [0.3, 0.4) is 0 Å². The fraction of sp³-hybridized carbons (Fsp3) is 0.286. The maximum absolute atomic E-state index is 12.7. The summed E-state index contributed by atoms with van der Waals surface area (Å²) in [5.41, 5.74) is 4.50. The number of rotatable bonds is 3. The minimum atomic E-state index is -3.75. The van der Waals surface area contributed by atoms with Crippen molar-refractivity contribution in [3.8, 4) is 11.6 Å². The molecule has 0 radical (unpaired) electrons. The molecule has 0 spiro atoms. The first-order valence-electron chi connectivity index (χ1n) is 9.39. The van der Waals surface area contributed by atoms with Gasteiger partial charge in [0.1, 0.15) is 0 Å². The third kappa shape index (κ3) is 3.49. The molecule has 1 atom stereocenters. The van der Waals surface area contributed by atoms with Crippen LogP contribution in [0, 0.1) is 6.92 Å². The fourth-order valence-corrected chi connectivity index (χ4v) is 5.54. The van der Waals surface area contributed by atoms with Crippen molar-refractivity contribution in [3.05, 3.63) is 74.3 Å². The molecule has 0 saturated heterocycles. The van der Waals surface area contributed by atoms with Crippen LogP contribution in [0.25, 0.3) is 5.69 Å². The van der Waals surface area contributed by atoms with Gasteiger partial charge in [-0.25, -0.2) is 0 Å². The highest BCUT2D eigenvalue weighted by atomic mass is 79.9. The topological polar surface area (TPSA) is 61.2 Å². The minimum Gasteiger partial charge on any atom is -0.361 e. The van der Waals surface area contributed by atoms with E-state index in [1.54, 1.807) is 16.8 Å². The Hall–Kier alpha value is -1.83. The summed E-state index contributed by atoms with van der Waals surface area (Å²) in [6.45, 7) is 2.00. The van der Waals surface area contributed by atoms with Gasteiger partial charge in [-0.1, -0.05) is 45.7 Å². The number of aromatic nitrogens is 2. The Labute approximate surface area is 182 Å². The molecule has 1 aliphatic carbocycles. The first-order chi connectivity index (χ1) is 13.8. The lowest BCUT2D eigenvalue weighted by atomic mass is 9.90. The first-order valence-corrected chi connectivity index (χ1v) is 12.1. The Kier molecular flexibility index (Phi) is 4.53. The van der Waals surface area contributed by atoms with Crippen LogP contribution in [-0.2, 0) is 10.1 Å². The number of hydrogen-bond donors (Lipinski definition) is 0. The van der Waals surface area contributed by atoms with Crippen molar-refractivity contribution in [1.82, 2.24) is 9.78 Å². The van der Waals surface area contributed by atoms with E-state index in [9.17, 15) is 8.42 Å². The van der Waals surface area contributed by atoms with Crippen molar-refractivity contribution in [2.24, 2.45) is 0 Å². The van der Waals surface area contributed by atoms with Crippen LogP contribution in [0.15, 0.2) is 46.9 Å². The van der Waals surface area contributed by atoms with E-state index in [1.807, 2.05) is 37.3 Å². The maximum Gasteiger partial charge on any atom is 0.311 e. The number of aryl methyl sites for hydroxylation is 1. The summed E-state index contributed by atoms with van der Waals surface area (Å²) in [6, 6.07) is 13.2. The molecule has 0 bridgehead atoms. The molecule has 0 N–H and O–H groups in total. The quantitative estimate of drug-likeness (QED) is 0.463. The van der Waals surface area contributed by atoms with Gasteiger partial charge >= 0.3 is 10.1 Å². The highest BCUT2D eigenvalue weighted by molar-refractivity contribution is 9.10. The molecule has 8 heteroatoms. The van der Waals surface area contributed by atoms with Crippen LogP contribution in [0.2, 0.25) is 5.02 Å². The zero-order valence-electron chi connectivity index (χ0n) is 15.6. The van der Waals surface area contributed by atoms with Crippen molar-refractivity contribution in [3.63, 3.8) is 0 Å². The van der Waals surface area contributed by atoms with E-state index in [2.05, 4.69) is 15.9 Å². The van der Waals surface area contributed by atoms with Gasteiger partial charge in [0, 0.05) is 26.9 Å². The summed E-state index contributed by atoms with van der Waals surface area (Å²) in [7, 11) is -3.75. The summed E-state index contributed by atoms with van der Waals surface area (Å²) in [5.74, 6) is 0.208. The molecule has 29 heavy (non-hydrogen) atoms. The lowest BCUT2D eigenvalue weighted by Crippen LogP contribution is -2.27. The van der Waals surface area contributed by atoms with Crippen molar-refractivity contribution < 1.29 is 12.6 Å². The van der Waals surface area contributed by atoms with E-state index in [4.69, 9.17) is 20.9 Å². The molecule has 5 rings (SSSR count). The molecule has 2 aliphatic rings. The molecule has 2 aromatic carbocycles. The van der Waals surface area contributed by atoms with E-state index in [1.165, 1.54) is 0 Å². The summed E-state index contributed by atoms with van der Waals surface area (Å²) in [5, 5.41) is 5.36. The van der Waals surface area contributed by atoms with Crippen molar-refractivity contribution >= 4 is 37.6 Å². The summed E-state index contributed by atoms with van der Waals surface area (Å²) in [6.07, 6.45) is 2.11. The van der Waals surface area contributed by atoms with Crippen LogP contribution in [0.5, 0.6) is 5.88 Å². The van der Waals surface area contributed by atoms with Gasteiger partial charge in [-0.2, -0.15) is 18.2 Å². The third-order valence-electron chi connectivity index (χ3n) is 5.43. The monoisotopic (exact) mass is 492 g/mol. The van der Waals surface area contributed by atoms with Gasteiger partial charge < -0.3 is 4.18 Å². The van der Waals surface area contributed by atoms with Crippen LogP contribution < -0.4 is 4.18 Å². The van der Waals surface area contributed by atoms with Crippen molar-refractivity contribution in [1.29, 1.82) is 0 Å². The smallest absolute Gasteiger partial charge is 0.311 e. The SMILES string of the molecule is Cc1cc(C2CS(=O)(=O)Oc3c2c(C2CC2)nn3-c2cccc(Cl)c2)ccc1Br. The van der Waals surface area contributed by atoms with Crippen molar-refractivity contribution in [2.45, 2.75) is 31.6 Å². The highest BCUT2D eigenvalue weighted by Gasteiger charge is 2.42. The molecular weight excluding hydrogens is 476 g/mol. The summed E-state index contributed by atoms with van der Waals surface area (Å²) >= 11 is 9.69. The predicted octanol–water partition coefficient (Wildman–Crippen LogP) is 5.33. The Bertz CT molecular complexity index is 1230. The second-order valence-electron chi connectivity index (χ2n) is 7.64. The Morgan fingerprint density at radius 2 is 2.00 bits per heavy atom. The molecular formula is C21H18BrClN2O3S. The van der Waals surface area contributed by atoms with Crippen LogP contribution in [0.4, 0.5) is 0 Å².